The Hall–Kier alpha value is -1.14. The lowest BCUT2D eigenvalue weighted by atomic mass is 10.2. The van der Waals surface area contributed by atoms with Crippen LogP contribution in [0.25, 0.3) is 0 Å². The Bertz CT molecular complexity index is 459. The van der Waals surface area contributed by atoms with Gasteiger partial charge in [-0.05, 0) is 24.3 Å². The molecule has 0 unspecified atom stereocenters. The van der Waals surface area contributed by atoms with Crippen molar-refractivity contribution in [3.05, 3.63) is 57.0 Å². The molecular weight excluding hydrogens is 370 g/mol. The third-order valence-corrected chi connectivity index (χ3v) is 2.99. The fourth-order valence-electron chi connectivity index (χ4n) is 1.01. The van der Waals surface area contributed by atoms with E-state index < -0.39 is 11.6 Å². The van der Waals surface area contributed by atoms with Crippen LogP contribution >= 0.6 is 31.9 Å². The molecule has 0 heterocycles. The molecule has 0 saturated carbocycles. The number of rotatable bonds is 0. The van der Waals surface area contributed by atoms with Crippen LogP contribution in [0.1, 0.15) is 0 Å². The summed E-state index contributed by atoms with van der Waals surface area (Å²) in [4.78, 5) is 0. The van der Waals surface area contributed by atoms with Gasteiger partial charge in [0.15, 0.2) is 11.6 Å². The molecule has 4 N–H and O–H groups in total. The number of hydrogen-bond donors (Lipinski definition) is 2. The van der Waals surface area contributed by atoms with Gasteiger partial charge in [0.05, 0.1) is 11.4 Å². The molecule has 0 aliphatic heterocycles. The number of hydrogen-bond acceptors (Lipinski definition) is 2. The summed E-state index contributed by atoms with van der Waals surface area (Å²) < 4.78 is 26.7. The molecule has 0 fully saturated rings. The van der Waals surface area contributed by atoms with Gasteiger partial charge in [0, 0.05) is 21.1 Å². The van der Waals surface area contributed by atoms with Crippen LogP contribution in [-0.4, -0.2) is 0 Å². The van der Waals surface area contributed by atoms with Crippen LogP contribution in [0.15, 0.2) is 45.3 Å². The number of benzene rings is 2. The third-order valence-electron chi connectivity index (χ3n) is 1.93. The quantitative estimate of drug-likeness (QED) is 0.669. The average molecular weight is 380 g/mol. The van der Waals surface area contributed by atoms with E-state index in [2.05, 4.69) is 31.9 Å². The van der Waals surface area contributed by atoms with Gasteiger partial charge < -0.3 is 11.5 Å². The maximum Gasteiger partial charge on any atom is 0.161 e. The van der Waals surface area contributed by atoms with Crippen molar-refractivity contribution in [1.82, 2.24) is 0 Å². The van der Waals surface area contributed by atoms with E-state index in [0.717, 1.165) is 21.1 Å². The lowest BCUT2D eigenvalue weighted by Gasteiger charge is -1.98. The molecule has 0 aliphatic rings. The second-order valence-electron chi connectivity index (χ2n) is 3.33. The number of halogens is 4. The van der Waals surface area contributed by atoms with Gasteiger partial charge in [0.1, 0.15) is 0 Å². The average Bonchev–Trinajstić information content (AvgIpc) is 2.31. The molecule has 0 bridgehead atoms. The molecule has 2 nitrogen and oxygen atoms in total. The Balaban J connectivity index is 0.000000184. The highest BCUT2D eigenvalue weighted by Crippen LogP contribution is 2.18. The summed E-state index contributed by atoms with van der Waals surface area (Å²) in [6, 6.07) is 9.66. The molecular formula is C12H10Br2F2N2. The summed E-state index contributed by atoms with van der Waals surface area (Å²) in [7, 11) is 0. The summed E-state index contributed by atoms with van der Waals surface area (Å²) in [5.74, 6) is -1.96. The van der Waals surface area contributed by atoms with Crippen LogP contribution < -0.4 is 11.5 Å². The minimum atomic E-state index is -0.980. The Morgan fingerprint density at radius 3 is 1.28 bits per heavy atom. The van der Waals surface area contributed by atoms with Gasteiger partial charge in [0.2, 0.25) is 0 Å². The predicted molar refractivity (Wildman–Crippen MR) is 77.0 cm³/mol. The highest BCUT2D eigenvalue weighted by molar-refractivity contribution is 9.11. The zero-order valence-corrected chi connectivity index (χ0v) is 12.3. The summed E-state index contributed by atoms with van der Waals surface area (Å²) in [6.07, 6.45) is 0. The molecule has 96 valence electrons. The van der Waals surface area contributed by atoms with Gasteiger partial charge in [-0.3, -0.25) is 0 Å². The smallest absolute Gasteiger partial charge is 0.161 e. The van der Waals surface area contributed by atoms with Gasteiger partial charge in [-0.25, -0.2) is 8.78 Å². The molecule has 18 heavy (non-hydrogen) atoms. The molecule has 0 atom stereocenters. The molecule has 0 aliphatic carbocycles. The first-order valence-electron chi connectivity index (χ1n) is 4.81. The monoisotopic (exact) mass is 378 g/mol. The second kappa shape index (κ2) is 6.70. The van der Waals surface area contributed by atoms with Crippen LogP contribution in [0.3, 0.4) is 0 Å². The van der Waals surface area contributed by atoms with Gasteiger partial charge in [-0.15, -0.1) is 0 Å². The van der Waals surface area contributed by atoms with Crippen LogP contribution in [0.2, 0.25) is 0 Å². The van der Waals surface area contributed by atoms with Gasteiger partial charge >= 0.3 is 0 Å². The van der Waals surface area contributed by atoms with Crippen molar-refractivity contribution in [2.75, 3.05) is 11.5 Å². The minimum absolute atomic E-state index is 0.0545. The second-order valence-corrected chi connectivity index (χ2v) is 5.16. The Labute approximate surface area is 120 Å². The van der Waals surface area contributed by atoms with Crippen molar-refractivity contribution >= 4 is 43.2 Å². The van der Waals surface area contributed by atoms with Crippen LogP contribution in [0.4, 0.5) is 20.2 Å². The SMILES string of the molecule is Brc1ccc(Br)cc1.Nc1cc(F)c(F)cc1N. The van der Waals surface area contributed by atoms with Crippen molar-refractivity contribution < 1.29 is 8.78 Å². The highest BCUT2D eigenvalue weighted by Gasteiger charge is 2.03. The third kappa shape index (κ3) is 4.62. The fraction of sp³-hybridized carbons (Fsp3) is 0. The Morgan fingerprint density at radius 1 is 0.722 bits per heavy atom. The normalized spacial score (nSPS) is 9.56. The zero-order chi connectivity index (χ0) is 13.7. The maximum atomic E-state index is 12.2. The standard InChI is InChI=1S/C6H4Br2.C6H6F2N2/c7-5-1-2-6(8)4-3-5;7-3-1-5(9)6(10)2-4(3)8/h1-4H;1-2H,9-10H2. The van der Waals surface area contributed by atoms with Crippen molar-refractivity contribution in [1.29, 1.82) is 0 Å². The van der Waals surface area contributed by atoms with E-state index in [1.807, 2.05) is 24.3 Å². The summed E-state index contributed by atoms with van der Waals surface area (Å²) >= 11 is 6.65. The molecule has 0 spiro atoms. The largest absolute Gasteiger partial charge is 0.397 e. The molecule has 6 heteroatoms. The zero-order valence-electron chi connectivity index (χ0n) is 9.13. The minimum Gasteiger partial charge on any atom is -0.397 e. The number of nitrogens with two attached hydrogens (primary N) is 2. The molecule has 2 aromatic rings. The molecule has 0 amide bonds. The Morgan fingerprint density at radius 2 is 1.00 bits per heavy atom. The fourth-order valence-corrected chi connectivity index (χ4v) is 1.54. The topological polar surface area (TPSA) is 52.0 Å². The van der Waals surface area contributed by atoms with Crippen LogP contribution in [-0.2, 0) is 0 Å². The van der Waals surface area contributed by atoms with E-state index >= 15 is 0 Å². The van der Waals surface area contributed by atoms with Crippen molar-refractivity contribution in [3.8, 4) is 0 Å². The summed E-state index contributed by atoms with van der Waals surface area (Å²) in [6.45, 7) is 0. The molecule has 2 aromatic carbocycles. The maximum absolute atomic E-state index is 12.2. The van der Waals surface area contributed by atoms with Crippen molar-refractivity contribution in [2.24, 2.45) is 0 Å². The first-order valence-corrected chi connectivity index (χ1v) is 6.40. The Kier molecular flexibility index (Phi) is 5.55. The molecule has 0 saturated heterocycles. The van der Waals surface area contributed by atoms with E-state index in [0.29, 0.717) is 0 Å². The van der Waals surface area contributed by atoms with Gasteiger partial charge in [-0.1, -0.05) is 31.9 Å². The lowest BCUT2D eigenvalue weighted by molar-refractivity contribution is 0.510. The van der Waals surface area contributed by atoms with E-state index in [9.17, 15) is 8.78 Å². The van der Waals surface area contributed by atoms with Crippen LogP contribution in [0, 0.1) is 11.6 Å². The summed E-state index contributed by atoms with van der Waals surface area (Å²) in [5, 5.41) is 0. The van der Waals surface area contributed by atoms with E-state index in [1.54, 1.807) is 0 Å². The summed E-state index contributed by atoms with van der Waals surface area (Å²) in [5.41, 5.74) is 10.4. The molecule has 2 rings (SSSR count). The van der Waals surface area contributed by atoms with Gasteiger partial charge in [0.25, 0.3) is 0 Å². The first kappa shape index (κ1) is 14.9. The number of anilines is 2. The highest BCUT2D eigenvalue weighted by atomic mass is 79.9. The van der Waals surface area contributed by atoms with E-state index in [1.165, 1.54) is 0 Å². The van der Waals surface area contributed by atoms with Crippen molar-refractivity contribution in [3.63, 3.8) is 0 Å². The first-order chi connectivity index (χ1) is 8.40. The van der Waals surface area contributed by atoms with Crippen molar-refractivity contribution in [2.45, 2.75) is 0 Å². The van der Waals surface area contributed by atoms with E-state index in [4.69, 9.17) is 11.5 Å². The number of nitrogen functional groups attached to an aromatic ring is 2. The van der Waals surface area contributed by atoms with Crippen LogP contribution in [0.5, 0.6) is 0 Å². The molecule has 0 radical (unpaired) electrons. The van der Waals surface area contributed by atoms with Gasteiger partial charge in [-0.2, -0.15) is 0 Å². The predicted octanol–water partition coefficient (Wildman–Crippen LogP) is 4.34. The van der Waals surface area contributed by atoms with E-state index in [-0.39, 0.29) is 11.4 Å². The molecule has 0 aromatic heterocycles. The lowest BCUT2D eigenvalue weighted by Crippen LogP contribution is -1.97.